The topological polar surface area (TPSA) is 52.1 Å². The third-order valence-corrected chi connectivity index (χ3v) is 2.67. The lowest BCUT2D eigenvalue weighted by Gasteiger charge is -2.08. The number of hydrogen-bond donors (Lipinski definition) is 0. The maximum Gasteiger partial charge on any atom is 0.170 e. The summed E-state index contributed by atoms with van der Waals surface area (Å²) in [6.45, 7) is 4.89. The summed E-state index contributed by atoms with van der Waals surface area (Å²) in [5.41, 5.74) is 2.18. The first-order valence-corrected chi connectivity index (χ1v) is 5.11. The first-order valence-electron chi connectivity index (χ1n) is 5.11. The average molecular weight is 206 g/mol. The second kappa shape index (κ2) is 4.06. The van der Waals surface area contributed by atoms with Crippen LogP contribution in [0, 0.1) is 19.8 Å². The van der Waals surface area contributed by atoms with E-state index >= 15 is 0 Å². The number of ether oxygens (including phenoxy) is 1. The highest BCUT2D eigenvalue weighted by Crippen LogP contribution is 2.19. The van der Waals surface area contributed by atoms with Crippen LogP contribution in [0.4, 0.5) is 0 Å². The van der Waals surface area contributed by atoms with Crippen LogP contribution in [0.2, 0.25) is 0 Å². The summed E-state index contributed by atoms with van der Waals surface area (Å²) in [4.78, 5) is 12.1. The molecule has 0 bridgehead atoms. The van der Waals surface area contributed by atoms with Crippen molar-refractivity contribution in [1.29, 1.82) is 0 Å². The molecule has 80 valence electrons. The molecule has 15 heavy (non-hydrogen) atoms. The zero-order valence-electron chi connectivity index (χ0n) is 8.99. The van der Waals surface area contributed by atoms with Crippen molar-refractivity contribution in [3.63, 3.8) is 0 Å². The Morgan fingerprint density at radius 2 is 2.27 bits per heavy atom. The molecule has 1 atom stereocenters. The number of Topliss-reactive ketones (excluding diaryl/α,β-unsaturated/α-hetero) is 1. The van der Waals surface area contributed by atoms with Gasteiger partial charge in [-0.05, 0) is 26.3 Å². The van der Waals surface area contributed by atoms with Crippen molar-refractivity contribution in [3.05, 3.63) is 23.0 Å². The van der Waals surface area contributed by atoms with Crippen molar-refractivity contribution in [2.24, 2.45) is 5.92 Å². The maximum absolute atomic E-state index is 12.1. The number of rotatable bonds is 2. The molecule has 1 aliphatic rings. The Bertz CT molecular complexity index is 384. The fraction of sp³-hybridized carbons (Fsp3) is 0.545. The lowest BCUT2D eigenvalue weighted by atomic mass is 9.96. The Labute approximate surface area is 88.7 Å². The highest BCUT2D eigenvalue weighted by molar-refractivity contribution is 5.99. The van der Waals surface area contributed by atoms with Crippen molar-refractivity contribution in [1.82, 2.24) is 10.2 Å². The van der Waals surface area contributed by atoms with E-state index in [-0.39, 0.29) is 11.7 Å². The molecule has 0 radical (unpaired) electrons. The normalized spacial score (nSPS) is 20.5. The largest absolute Gasteiger partial charge is 0.381 e. The van der Waals surface area contributed by atoms with Crippen LogP contribution in [0.25, 0.3) is 0 Å². The smallest absolute Gasteiger partial charge is 0.170 e. The van der Waals surface area contributed by atoms with Crippen LogP contribution in [0.3, 0.4) is 0 Å². The van der Waals surface area contributed by atoms with Gasteiger partial charge in [-0.2, -0.15) is 10.2 Å². The predicted molar refractivity (Wildman–Crippen MR) is 54.8 cm³/mol. The summed E-state index contributed by atoms with van der Waals surface area (Å²) < 4.78 is 5.21. The number of carbonyl (C=O) groups is 1. The monoisotopic (exact) mass is 206 g/mol. The Balaban J connectivity index is 2.27. The summed E-state index contributed by atoms with van der Waals surface area (Å²) >= 11 is 0. The first kappa shape index (κ1) is 10.2. The standard InChI is InChI=1S/C11H14N2O2/c1-7-5-10(8(2)13-12-7)11(14)9-3-4-15-6-9/h5,9H,3-4,6H2,1-2H3. The molecule has 0 aromatic carbocycles. The first-order chi connectivity index (χ1) is 7.18. The van der Waals surface area contributed by atoms with E-state index in [1.807, 2.05) is 19.9 Å². The van der Waals surface area contributed by atoms with Gasteiger partial charge < -0.3 is 4.74 Å². The van der Waals surface area contributed by atoms with Gasteiger partial charge in [-0.15, -0.1) is 0 Å². The minimum atomic E-state index is 0.00676. The molecule has 0 spiro atoms. The molecule has 1 fully saturated rings. The number of ketones is 1. The molecule has 1 aromatic rings. The third-order valence-electron chi connectivity index (χ3n) is 2.67. The van der Waals surface area contributed by atoms with E-state index in [4.69, 9.17) is 4.74 Å². The summed E-state index contributed by atoms with van der Waals surface area (Å²) in [7, 11) is 0. The van der Waals surface area contributed by atoms with E-state index in [1.54, 1.807) is 0 Å². The van der Waals surface area contributed by atoms with Gasteiger partial charge in [0, 0.05) is 18.1 Å². The van der Waals surface area contributed by atoms with Gasteiger partial charge in [-0.3, -0.25) is 4.79 Å². The van der Waals surface area contributed by atoms with Crippen LogP contribution in [-0.2, 0) is 4.74 Å². The number of hydrogen-bond acceptors (Lipinski definition) is 4. The Kier molecular flexibility index (Phi) is 2.77. The van der Waals surface area contributed by atoms with Crippen molar-refractivity contribution < 1.29 is 9.53 Å². The van der Waals surface area contributed by atoms with E-state index in [2.05, 4.69) is 10.2 Å². The van der Waals surface area contributed by atoms with Crippen molar-refractivity contribution in [2.45, 2.75) is 20.3 Å². The van der Waals surface area contributed by atoms with Gasteiger partial charge in [0.25, 0.3) is 0 Å². The number of aryl methyl sites for hydroxylation is 2. The zero-order valence-corrected chi connectivity index (χ0v) is 8.99. The van der Waals surface area contributed by atoms with Crippen molar-refractivity contribution >= 4 is 5.78 Å². The Morgan fingerprint density at radius 1 is 1.47 bits per heavy atom. The fourth-order valence-corrected chi connectivity index (χ4v) is 1.76. The van der Waals surface area contributed by atoms with Gasteiger partial charge >= 0.3 is 0 Å². The molecule has 0 amide bonds. The molecule has 1 saturated heterocycles. The molecule has 1 aliphatic heterocycles. The van der Waals surface area contributed by atoms with Gasteiger partial charge in [0.1, 0.15) is 0 Å². The second-order valence-corrected chi connectivity index (χ2v) is 3.91. The molecule has 1 unspecified atom stereocenters. The van der Waals surface area contributed by atoms with Crippen LogP contribution in [-0.4, -0.2) is 29.2 Å². The van der Waals surface area contributed by atoms with Crippen LogP contribution in [0.15, 0.2) is 6.07 Å². The minimum absolute atomic E-state index is 0.00676. The van der Waals surface area contributed by atoms with E-state index in [0.717, 1.165) is 12.1 Å². The zero-order chi connectivity index (χ0) is 10.8. The van der Waals surface area contributed by atoms with Gasteiger partial charge in [-0.25, -0.2) is 0 Å². The van der Waals surface area contributed by atoms with Gasteiger partial charge in [0.15, 0.2) is 5.78 Å². The molecule has 2 heterocycles. The number of carbonyl (C=O) groups excluding carboxylic acids is 1. The van der Waals surface area contributed by atoms with Gasteiger partial charge in [0.2, 0.25) is 0 Å². The van der Waals surface area contributed by atoms with E-state index in [9.17, 15) is 4.79 Å². The summed E-state index contributed by atoms with van der Waals surface area (Å²) in [5.74, 6) is 0.148. The molecule has 0 aliphatic carbocycles. The Morgan fingerprint density at radius 3 is 2.93 bits per heavy atom. The maximum atomic E-state index is 12.1. The van der Waals surface area contributed by atoms with Crippen molar-refractivity contribution in [2.75, 3.05) is 13.2 Å². The van der Waals surface area contributed by atoms with E-state index in [0.29, 0.717) is 24.5 Å². The van der Waals surface area contributed by atoms with Crippen LogP contribution >= 0.6 is 0 Å². The highest BCUT2D eigenvalue weighted by Gasteiger charge is 2.26. The number of aromatic nitrogens is 2. The molecule has 0 N–H and O–H groups in total. The molecule has 4 heteroatoms. The molecule has 0 saturated carbocycles. The molecule has 4 nitrogen and oxygen atoms in total. The van der Waals surface area contributed by atoms with Crippen LogP contribution in [0.5, 0.6) is 0 Å². The molecule has 1 aromatic heterocycles. The predicted octanol–water partition coefficient (Wildman–Crippen LogP) is 1.31. The van der Waals surface area contributed by atoms with Crippen LogP contribution < -0.4 is 0 Å². The second-order valence-electron chi connectivity index (χ2n) is 3.91. The van der Waals surface area contributed by atoms with Crippen LogP contribution in [0.1, 0.15) is 28.2 Å². The van der Waals surface area contributed by atoms with Crippen molar-refractivity contribution in [3.8, 4) is 0 Å². The fourth-order valence-electron chi connectivity index (χ4n) is 1.76. The van der Waals surface area contributed by atoms with E-state index < -0.39 is 0 Å². The van der Waals surface area contributed by atoms with E-state index in [1.165, 1.54) is 0 Å². The molecular formula is C11H14N2O2. The van der Waals surface area contributed by atoms with Gasteiger partial charge in [0.05, 0.1) is 18.0 Å². The molecule has 2 rings (SSSR count). The lowest BCUT2D eigenvalue weighted by Crippen LogP contribution is -2.17. The SMILES string of the molecule is Cc1cc(C(=O)C2CCOC2)c(C)nn1. The average Bonchev–Trinajstić information content (AvgIpc) is 2.74. The molecular weight excluding hydrogens is 192 g/mol. The highest BCUT2D eigenvalue weighted by atomic mass is 16.5. The minimum Gasteiger partial charge on any atom is -0.381 e. The lowest BCUT2D eigenvalue weighted by molar-refractivity contribution is 0.0899. The third kappa shape index (κ3) is 2.04. The quantitative estimate of drug-likeness (QED) is 0.685. The Hall–Kier alpha value is -1.29. The summed E-state index contributed by atoms with van der Waals surface area (Å²) in [5, 5.41) is 7.87. The summed E-state index contributed by atoms with van der Waals surface area (Å²) in [6.07, 6.45) is 0.819. The van der Waals surface area contributed by atoms with Gasteiger partial charge in [-0.1, -0.05) is 0 Å². The number of nitrogens with zero attached hydrogens (tertiary/aromatic N) is 2. The summed E-state index contributed by atoms with van der Waals surface area (Å²) in [6, 6.07) is 1.81.